The number of nitro benzene ring substituents is 1. The molecule has 2 amide bonds. The Bertz CT molecular complexity index is 746. The summed E-state index contributed by atoms with van der Waals surface area (Å²) in [4.78, 5) is 40.2. The van der Waals surface area contributed by atoms with Crippen molar-refractivity contribution < 1.29 is 14.5 Å². The molecule has 1 aromatic rings. The Kier molecular flexibility index (Phi) is 4.85. The molecule has 4 rings (SSSR count). The lowest BCUT2D eigenvalue weighted by molar-refractivity contribution is -0.384. The van der Waals surface area contributed by atoms with Gasteiger partial charge in [-0.1, -0.05) is 25.7 Å². The first-order chi connectivity index (χ1) is 13.1. The molecule has 3 fully saturated rings. The molecule has 7 nitrogen and oxygen atoms in total. The molecule has 2 saturated heterocycles. The number of hydrogen-bond acceptors (Lipinski definition) is 5. The predicted octanol–water partition coefficient (Wildman–Crippen LogP) is 3.65. The van der Waals surface area contributed by atoms with Gasteiger partial charge in [0.1, 0.15) is 5.69 Å². The van der Waals surface area contributed by atoms with E-state index in [1.54, 1.807) is 12.1 Å². The summed E-state index contributed by atoms with van der Waals surface area (Å²) in [5, 5.41) is 11.7. The van der Waals surface area contributed by atoms with Crippen LogP contribution in [0, 0.1) is 22.0 Å². The normalized spacial score (nSPS) is 26.1. The first-order valence-electron chi connectivity index (χ1n) is 9.99. The van der Waals surface area contributed by atoms with E-state index in [4.69, 9.17) is 0 Å². The van der Waals surface area contributed by atoms with E-state index >= 15 is 0 Å². The molecule has 0 N–H and O–H groups in total. The molecule has 2 heterocycles. The summed E-state index contributed by atoms with van der Waals surface area (Å²) in [6.45, 7) is 1.60. The van der Waals surface area contributed by atoms with Crippen LogP contribution < -0.4 is 9.80 Å². The molecule has 1 saturated carbocycles. The second-order valence-corrected chi connectivity index (χ2v) is 7.84. The molecule has 0 unspecified atom stereocenters. The van der Waals surface area contributed by atoms with Crippen molar-refractivity contribution in [2.75, 3.05) is 22.9 Å². The Morgan fingerprint density at radius 3 is 2.04 bits per heavy atom. The van der Waals surface area contributed by atoms with Gasteiger partial charge in [0, 0.05) is 19.2 Å². The molecular weight excluding hydrogens is 346 g/mol. The number of carbonyl (C=O) groups is 2. The zero-order valence-corrected chi connectivity index (χ0v) is 15.4. The third kappa shape index (κ3) is 3.19. The summed E-state index contributed by atoms with van der Waals surface area (Å²) in [7, 11) is 0. The molecule has 144 valence electrons. The summed E-state index contributed by atoms with van der Waals surface area (Å²) < 4.78 is 0. The Morgan fingerprint density at radius 1 is 0.889 bits per heavy atom. The number of rotatable bonds is 3. The van der Waals surface area contributed by atoms with Gasteiger partial charge in [0.05, 0.1) is 22.4 Å². The Balaban J connectivity index is 1.68. The van der Waals surface area contributed by atoms with E-state index in [-0.39, 0.29) is 29.3 Å². The number of fused-ring (bicyclic) bond motifs is 1. The minimum Gasteiger partial charge on any atom is -0.366 e. The van der Waals surface area contributed by atoms with E-state index in [0.717, 1.165) is 64.5 Å². The lowest BCUT2D eigenvalue weighted by Crippen LogP contribution is -2.31. The molecule has 1 aromatic carbocycles. The van der Waals surface area contributed by atoms with Crippen molar-refractivity contribution in [1.29, 1.82) is 0 Å². The van der Waals surface area contributed by atoms with Gasteiger partial charge in [-0.15, -0.1) is 0 Å². The average molecular weight is 371 g/mol. The number of anilines is 2. The molecule has 3 aliphatic rings. The number of carbonyl (C=O) groups excluding carboxylic acids is 2. The molecule has 0 radical (unpaired) electrons. The number of benzene rings is 1. The Labute approximate surface area is 158 Å². The largest absolute Gasteiger partial charge is 0.366 e. The summed E-state index contributed by atoms with van der Waals surface area (Å²) >= 11 is 0. The predicted molar refractivity (Wildman–Crippen MR) is 102 cm³/mol. The molecule has 1 aliphatic carbocycles. The Morgan fingerprint density at radius 2 is 1.48 bits per heavy atom. The summed E-state index contributed by atoms with van der Waals surface area (Å²) in [5.41, 5.74) is 0.900. The standard InChI is InChI=1S/C20H25N3O4/c24-19-15-7-3-4-8-16(15)20(25)22(19)14-9-10-17(18(13-14)23(26)27)21-11-5-1-2-6-12-21/h9-10,13,15-16H,1-8,11-12H2/t15-,16-/m1/s1. The van der Waals surface area contributed by atoms with Gasteiger partial charge in [0.15, 0.2) is 0 Å². The first kappa shape index (κ1) is 17.9. The van der Waals surface area contributed by atoms with E-state index in [1.807, 2.05) is 0 Å². The number of hydrogen-bond donors (Lipinski definition) is 0. The second-order valence-electron chi connectivity index (χ2n) is 7.84. The van der Waals surface area contributed by atoms with Gasteiger partial charge in [-0.05, 0) is 37.8 Å². The topological polar surface area (TPSA) is 83.8 Å². The van der Waals surface area contributed by atoms with E-state index < -0.39 is 4.92 Å². The van der Waals surface area contributed by atoms with Crippen LogP contribution in [0.15, 0.2) is 18.2 Å². The zero-order chi connectivity index (χ0) is 19.0. The number of nitro groups is 1. The van der Waals surface area contributed by atoms with Crippen molar-refractivity contribution in [1.82, 2.24) is 0 Å². The highest BCUT2D eigenvalue weighted by molar-refractivity contribution is 6.22. The summed E-state index contributed by atoms with van der Waals surface area (Å²) in [6, 6.07) is 4.81. The van der Waals surface area contributed by atoms with Crippen LogP contribution in [-0.4, -0.2) is 29.8 Å². The summed E-state index contributed by atoms with van der Waals surface area (Å²) in [5.74, 6) is -0.894. The van der Waals surface area contributed by atoms with Crippen molar-refractivity contribution in [3.8, 4) is 0 Å². The van der Waals surface area contributed by atoms with E-state index in [2.05, 4.69) is 4.90 Å². The van der Waals surface area contributed by atoms with Gasteiger partial charge >= 0.3 is 0 Å². The van der Waals surface area contributed by atoms with Gasteiger partial charge < -0.3 is 4.90 Å². The van der Waals surface area contributed by atoms with Crippen molar-refractivity contribution >= 4 is 28.9 Å². The number of amides is 2. The molecule has 2 atom stereocenters. The fourth-order valence-electron chi connectivity index (χ4n) is 4.79. The van der Waals surface area contributed by atoms with Crippen LogP contribution in [0.4, 0.5) is 17.1 Å². The van der Waals surface area contributed by atoms with Gasteiger partial charge in [-0.3, -0.25) is 19.7 Å². The van der Waals surface area contributed by atoms with E-state index in [1.165, 1.54) is 11.0 Å². The quantitative estimate of drug-likeness (QED) is 0.460. The fraction of sp³-hybridized carbons (Fsp3) is 0.600. The lowest BCUT2D eigenvalue weighted by Gasteiger charge is -2.23. The van der Waals surface area contributed by atoms with Gasteiger partial charge in [-0.2, -0.15) is 0 Å². The van der Waals surface area contributed by atoms with Gasteiger partial charge in [0.25, 0.3) is 5.69 Å². The van der Waals surface area contributed by atoms with Gasteiger partial charge in [-0.25, -0.2) is 4.90 Å². The lowest BCUT2D eigenvalue weighted by atomic mass is 9.81. The minimum absolute atomic E-state index is 0.0233. The Hall–Kier alpha value is -2.44. The smallest absolute Gasteiger partial charge is 0.294 e. The minimum atomic E-state index is -0.401. The highest BCUT2D eigenvalue weighted by Gasteiger charge is 2.49. The van der Waals surface area contributed by atoms with Gasteiger partial charge in [0.2, 0.25) is 11.8 Å². The molecule has 2 aliphatic heterocycles. The number of nitrogens with zero attached hydrogens (tertiary/aromatic N) is 3. The van der Waals surface area contributed by atoms with Crippen LogP contribution in [0.2, 0.25) is 0 Å². The average Bonchev–Trinajstić information content (AvgIpc) is 2.86. The van der Waals surface area contributed by atoms with Crippen LogP contribution in [0.5, 0.6) is 0 Å². The molecule has 0 bridgehead atoms. The maximum atomic E-state index is 12.8. The van der Waals surface area contributed by atoms with Crippen LogP contribution in [0.1, 0.15) is 51.4 Å². The molecule has 0 spiro atoms. The van der Waals surface area contributed by atoms with Crippen LogP contribution in [-0.2, 0) is 9.59 Å². The molecular formula is C20H25N3O4. The highest BCUT2D eigenvalue weighted by Crippen LogP contribution is 2.42. The monoisotopic (exact) mass is 371 g/mol. The maximum absolute atomic E-state index is 12.8. The van der Waals surface area contributed by atoms with Crippen molar-refractivity contribution in [2.24, 2.45) is 11.8 Å². The number of imide groups is 1. The third-order valence-corrected chi connectivity index (χ3v) is 6.20. The fourth-order valence-corrected chi connectivity index (χ4v) is 4.79. The van der Waals surface area contributed by atoms with E-state index in [9.17, 15) is 19.7 Å². The molecule has 0 aromatic heterocycles. The van der Waals surface area contributed by atoms with E-state index in [0.29, 0.717) is 11.4 Å². The van der Waals surface area contributed by atoms with Crippen LogP contribution in [0.25, 0.3) is 0 Å². The van der Waals surface area contributed by atoms with Crippen LogP contribution >= 0.6 is 0 Å². The van der Waals surface area contributed by atoms with Crippen molar-refractivity contribution in [2.45, 2.75) is 51.4 Å². The van der Waals surface area contributed by atoms with Crippen molar-refractivity contribution in [3.05, 3.63) is 28.3 Å². The summed E-state index contributed by atoms with van der Waals surface area (Å²) in [6.07, 6.45) is 7.71. The molecule has 7 heteroatoms. The second kappa shape index (κ2) is 7.29. The van der Waals surface area contributed by atoms with Crippen LogP contribution in [0.3, 0.4) is 0 Å². The highest BCUT2D eigenvalue weighted by atomic mass is 16.6. The SMILES string of the molecule is O=C1[C@@H]2CCCC[C@H]2C(=O)N1c1ccc(N2CCCCCC2)c([N+](=O)[O-])c1. The first-order valence-corrected chi connectivity index (χ1v) is 9.99. The van der Waals surface area contributed by atoms with Crippen molar-refractivity contribution in [3.63, 3.8) is 0 Å². The third-order valence-electron chi connectivity index (χ3n) is 6.20. The maximum Gasteiger partial charge on any atom is 0.294 e. The zero-order valence-electron chi connectivity index (χ0n) is 15.4. The molecule has 27 heavy (non-hydrogen) atoms.